The van der Waals surface area contributed by atoms with Gasteiger partial charge >= 0.3 is 6.18 Å². The van der Waals surface area contributed by atoms with Crippen molar-refractivity contribution in [3.63, 3.8) is 0 Å². The van der Waals surface area contributed by atoms with Crippen molar-refractivity contribution in [2.24, 2.45) is 0 Å². The van der Waals surface area contributed by atoms with Crippen LogP contribution in [0.5, 0.6) is 0 Å². The van der Waals surface area contributed by atoms with E-state index < -0.39 is 21.8 Å². The summed E-state index contributed by atoms with van der Waals surface area (Å²) < 4.78 is 66.3. The molecule has 29 heavy (non-hydrogen) atoms. The van der Waals surface area contributed by atoms with Crippen molar-refractivity contribution >= 4 is 21.6 Å². The lowest BCUT2D eigenvalue weighted by Crippen LogP contribution is -2.30. The van der Waals surface area contributed by atoms with Crippen molar-refractivity contribution < 1.29 is 21.6 Å². The first-order valence-electron chi connectivity index (χ1n) is 8.91. The van der Waals surface area contributed by atoms with E-state index in [-0.39, 0.29) is 17.4 Å². The first-order chi connectivity index (χ1) is 13.7. The number of pyridine rings is 1. The zero-order chi connectivity index (χ0) is 21.2. The second kappa shape index (κ2) is 7.99. The number of benzene rings is 1. The van der Waals surface area contributed by atoms with E-state index >= 15 is 0 Å². The molecule has 0 bridgehead atoms. The van der Waals surface area contributed by atoms with Crippen molar-refractivity contribution in [3.8, 4) is 0 Å². The Morgan fingerprint density at radius 1 is 1.03 bits per heavy atom. The van der Waals surface area contributed by atoms with Crippen molar-refractivity contribution in [1.82, 2.24) is 18.9 Å². The van der Waals surface area contributed by atoms with Crippen LogP contribution in [0.25, 0.3) is 5.65 Å². The predicted octanol–water partition coefficient (Wildman–Crippen LogP) is 3.39. The molecule has 2 heterocycles. The summed E-state index contributed by atoms with van der Waals surface area (Å²) in [7, 11) is -3.65. The average molecular weight is 427 g/mol. The number of rotatable bonds is 7. The molecule has 1 N–H and O–H groups in total. The van der Waals surface area contributed by atoms with E-state index in [9.17, 15) is 21.6 Å². The topological polar surface area (TPSA) is 79.6 Å². The fourth-order valence-corrected chi connectivity index (χ4v) is 4.31. The third-order valence-corrected chi connectivity index (χ3v) is 6.48. The molecule has 0 fully saturated rings. The van der Waals surface area contributed by atoms with Crippen molar-refractivity contribution in [2.75, 3.05) is 18.4 Å². The predicted molar refractivity (Wildman–Crippen MR) is 102 cm³/mol. The standard InChI is InChI=1S/C18H20F3N5O2S/c1-3-25(4-2)29(27,28)15-9-10-16-23-24-17(26(16)12-15)22-11-13-5-7-14(8-6-13)18(19,20)21/h5-10,12H,3-4,11H2,1-2H3,(H,22,24). The fourth-order valence-electron chi connectivity index (χ4n) is 2.85. The zero-order valence-corrected chi connectivity index (χ0v) is 16.6. The molecule has 0 amide bonds. The van der Waals surface area contributed by atoms with Gasteiger partial charge < -0.3 is 5.32 Å². The maximum absolute atomic E-state index is 12.7. The number of halogens is 3. The number of nitrogens with zero attached hydrogens (tertiary/aromatic N) is 4. The number of sulfonamides is 1. The summed E-state index contributed by atoms with van der Waals surface area (Å²) in [4.78, 5) is 0.103. The van der Waals surface area contributed by atoms with Crippen LogP contribution in [-0.2, 0) is 22.7 Å². The van der Waals surface area contributed by atoms with Gasteiger partial charge in [-0.1, -0.05) is 26.0 Å². The quantitative estimate of drug-likeness (QED) is 0.625. The first-order valence-corrected chi connectivity index (χ1v) is 10.4. The van der Waals surface area contributed by atoms with E-state index in [1.165, 1.54) is 33.1 Å². The minimum atomic E-state index is -4.39. The lowest BCUT2D eigenvalue weighted by atomic mass is 10.1. The molecular formula is C18H20F3N5O2S. The Bertz CT molecular complexity index is 1090. The molecule has 11 heteroatoms. The largest absolute Gasteiger partial charge is 0.416 e. The summed E-state index contributed by atoms with van der Waals surface area (Å²) in [6.45, 7) is 4.41. The fraction of sp³-hybridized carbons (Fsp3) is 0.333. The van der Waals surface area contributed by atoms with Crippen LogP contribution in [0.4, 0.5) is 19.1 Å². The summed E-state index contributed by atoms with van der Waals surface area (Å²) in [5.74, 6) is 0.288. The number of fused-ring (bicyclic) bond motifs is 1. The molecule has 0 atom stereocenters. The molecule has 0 aliphatic heterocycles. The van der Waals surface area contributed by atoms with Crippen LogP contribution >= 0.6 is 0 Å². The van der Waals surface area contributed by atoms with Gasteiger partial charge in [0.05, 0.1) is 10.5 Å². The zero-order valence-electron chi connectivity index (χ0n) is 15.8. The molecule has 3 rings (SSSR count). The minimum absolute atomic E-state index is 0.103. The normalized spacial score (nSPS) is 12.6. The molecule has 0 saturated heterocycles. The van der Waals surface area contributed by atoms with Gasteiger partial charge in [-0.2, -0.15) is 17.5 Å². The van der Waals surface area contributed by atoms with Crippen molar-refractivity contribution in [2.45, 2.75) is 31.5 Å². The van der Waals surface area contributed by atoms with Gasteiger partial charge in [0.25, 0.3) is 0 Å². The second-order valence-corrected chi connectivity index (χ2v) is 8.19. The van der Waals surface area contributed by atoms with Crippen LogP contribution in [0.15, 0.2) is 47.5 Å². The molecule has 3 aromatic rings. The number of hydrogen-bond donors (Lipinski definition) is 1. The van der Waals surface area contributed by atoms with Gasteiger partial charge in [-0.15, -0.1) is 10.2 Å². The lowest BCUT2D eigenvalue weighted by Gasteiger charge is -2.18. The van der Waals surface area contributed by atoms with Crippen LogP contribution in [0.2, 0.25) is 0 Å². The monoisotopic (exact) mass is 427 g/mol. The Morgan fingerprint density at radius 3 is 2.28 bits per heavy atom. The van der Waals surface area contributed by atoms with Crippen LogP contribution in [0.3, 0.4) is 0 Å². The number of nitrogens with one attached hydrogen (secondary N) is 1. The lowest BCUT2D eigenvalue weighted by molar-refractivity contribution is -0.137. The maximum atomic E-state index is 12.7. The van der Waals surface area contributed by atoms with E-state index in [0.29, 0.717) is 24.3 Å². The summed E-state index contributed by atoms with van der Waals surface area (Å²) in [5, 5.41) is 10.9. The number of alkyl halides is 3. The minimum Gasteiger partial charge on any atom is -0.350 e. The van der Waals surface area contributed by atoms with E-state index in [1.807, 2.05) is 0 Å². The van der Waals surface area contributed by atoms with E-state index in [4.69, 9.17) is 0 Å². The van der Waals surface area contributed by atoms with Gasteiger partial charge in [0.15, 0.2) is 5.65 Å². The Balaban J connectivity index is 1.84. The highest BCUT2D eigenvalue weighted by atomic mass is 32.2. The van der Waals surface area contributed by atoms with Gasteiger partial charge in [-0.05, 0) is 29.8 Å². The van der Waals surface area contributed by atoms with Crippen molar-refractivity contribution in [3.05, 3.63) is 53.7 Å². The number of hydrogen-bond acceptors (Lipinski definition) is 5. The summed E-state index contributed by atoms with van der Waals surface area (Å²) in [6, 6.07) is 7.77. The smallest absolute Gasteiger partial charge is 0.350 e. The van der Waals surface area contributed by atoms with Gasteiger partial charge in [0, 0.05) is 25.8 Å². The molecule has 0 aliphatic rings. The third-order valence-electron chi connectivity index (χ3n) is 4.45. The summed E-state index contributed by atoms with van der Waals surface area (Å²) in [5.41, 5.74) is 0.334. The Hall–Kier alpha value is -2.66. The number of aromatic nitrogens is 3. The van der Waals surface area contributed by atoms with Gasteiger partial charge in [0.1, 0.15) is 0 Å². The Kier molecular flexibility index (Phi) is 5.80. The molecular weight excluding hydrogens is 407 g/mol. The van der Waals surface area contributed by atoms with Gasteiger partial charge in [0.2, 0.25) is 16.0 Å². The van der Waals surface area contributed by atoms with Gasteiger partial charge in [-0.3, -0.25) is 4.40 Å². The third kappa shape index (κ3) is 4.35. The highest BCUT2D eigenvalue weighted by Crippen LogP contribution is 2.29. The summed E-state index contributed by atoms with van der Waals surface area (Å²) >= 11 is 0. The van der Waals surface area contributed by atoms with Crippen LogP contribution < -0.4 is 5.32 Å². The summed E-state index contributed by atoms with van der Waals surface area (Å²) in [6.07, 6.45) is -2.96. The molecule has 0 radical (unpaired) electrons. The van der Waals surface area contributed by atoms with Crippen LogP contribution in [0, 0.1) is 0 Å². The average Bonchev–Trinajstić information content (AvgIpc) is 3.09. The number of anilines is 1. The molecule has 0 saturated carbocycles. The van der Waals surface area contributed by atoms with E-state index in [1.54, 1.807) is 19.9 Å². The second-order valence-electron chi connectivity index (χ2n) is 6.25. The van der Waals surface area contributed by atoms with E-state index in [2.05, 4.69) is 15.5 Å². The maximum Gasteiger partial charge on any atom is 0.416 e. The molecule has 156 valence electrons. The highest BCUT2D eigenvalue weighted by molar-refractivity contribution is 7.89. The molecule has 2 aromatic heterocycles. The molecule has 1 aromatic carbocycles. The Morgan fingerprint density at radius 2 is 1.69 bits per heavy atom. The van der Waals surface area contributed by atoms with Gasteiger partial charge in [-0.25, -0.2) is 8.42 Å². The Labute approximate surface area is 166 Å². The van der Waals surface area contributed by atoms with Crippen LogP contribution in [0.1, 0.15) is 25.0 Å². The van der Waals surface area contributed by atoms with Crippen LogP contribution in [-0.4, -0.2) is 40.4 Å². The van der Waals surface area contributed by atoms with Crippen molar-refractivity contribution in [1.29, 1.82) is 0 Å². The molecule has 0 spiro atoms. The van der Waals surface area contributed by atoms with E-state index in [0.717, 1.165) is 12.1 Å². The molecule has 0 unspecified atom stereocenters. The molecule has 0 aliphatic carbocycles. The SMILES string of the molecule is CCN(CC)S(=O)(=O)c1ccc2nnc(NCc3ccc(C(F)(F)F)cc3)n2c1. The highest BCUT2D eigenvalue weighted by Gasteiger charge is 2.30. The first kappa shape index (κ1) is 21.1. The molecule has 7 nitrogen and oxygen atoms in total.